The van der Waals surface area contributed by atoms with Gasteiger partial charge in [-0.1, -0.05) is 13.8 Å². The summed E-state index contributed by atoms with van der Waals surface area (Å²) in [5.74, 6) is 0. The molecule has 0 rings (SSSR count). The summed E-state index contributed by atoms with van der Waals surface area (Å²) in [7, 11) is 0. The monoisotopic (exact) mass is 158 g/mol. The summed E-state index contributed by atoms with van der Waals surface area (Å²) < 4.78 is 5.55. The predicted octanol–water partition coefficient (Wildman–Crippen LogP) is 3.40. The van der Waals surface area contributed by atoms with Gasteiger partial charge >= 0.3 is 0 Å². The van der Waals surface area contributed by atoms with E-state index in [4.69, 9.17) is 4.74 Å². The minimum absolute atomic E-state index is 0.431. The smallest absolute Gasteiger partial charge is 0.0548 e. The van der Waals surface area contributed by atoms with Gasteiger partial charge in [0.15, 0.2) is 0 Å². The lowest BCUT2D eigenvalue weighted by Gasteiger charge is -2.15. The number of ether oxygens (including phenoxy) is 1. The van der Waals surface area contributed by atoms with Crippen LogP contribution in [0.5, 0.6) is 0 Å². The van der Waals surface area contributed by atoms with Crippen molar-refractivity contribution < 1.29 is 4.74 Å². The van der Waals surface area contributed by atoms with Gasteiger partial charge in [0.05, 0.1) is 12.2 Å². The Balaban J connectivity index is 0. The maximum atomic E-state index is 5.55. The molecule has 0 radical (unpaired) electrons. The first kappa shape index (κ1) is 13.3. The molecule has 0 spiro atoms. The summed E-state index contributed by atoms with van der Waals surface area (Å²) in [6.07, 6.45) is 3.09. The lowest BCUT2D eigenvalue weighted by Crippen LogP contribution is -2.14. The topological polar surface area (TPSA) is 9.23 Å². The van der Waals surface area contributed by atoms with Crippen molar-refractivity contribution in [3.8, 4) is 0 Å². The van der Waals surface area contributed by atoms with Crippen LogP contribution in [0.25, 0.3) is 0 Å². The Morgan fingerprint density at radius 1 is 1.00 bits per heavy atom. The second kappa shape index (κ2) is 9.70. The van der Waals surface area contributed by atoms with Crippen molar-refractivity contribution in [3.63, 3.8) is 0 Å². The Bertz CT molecular complexity index is 63.3. The first-order valence-corrected chi connectivity index (χ1v) is 4.36. The van der Waals surface area contributed by atoms with Gasteiger partial charge in [0.25, 0.3) is 0 Å². The highest BCUT2D eigenvalue weighted by atomic mass is 16.5. The molecule has 0 aromatic rings. The van der Waals surface area contributed by atoms with E-state index < -0.39 is 0 Å². The van der Waals surface area contributed by atoms with Gasteiger partial charge in [-0.05, 0) is 26.7 Å². The van der Waals surface area contributed by atoms with E-state index in [1.807, 2.05) is 0 Å². The molecule has 0 aromatic carbocycles. The van der Waals surface area contributed by atoms with Gasteiger partial charge in [-0.15, -0.1) is 13.2 Å². The third kappa shape index (κ3) is 9.70. The van der Waals surface area contributed by atoms with Gasteiger partial charge in [0.2, 0.25) is 0 Å². The van der Waals surface area contributed by atoms with E-state index in [9.17, 15) is 0 Å². The van der Waals surface area contributed by atoms with E-state index in [1.165, 1.54) is 0 Å². The van der Waals surface area contributed by atoms with Crippen LogP contribution in [0.2, 0.25) is 0 Å². The molecular weight excluding hydrogens is 136 g/mol. The van der Waals surface area contributed by atoms with Crippen molar-refractivity contribution >= 4 is 0 Å². The van der Waals surface area contributed by atoms with Crippen molar-refractivity contribution in [3.05, 3.63) is 13.2 Å². The van der Waals surface area contributed by atoms with Crippen LogP contribution in [-0.2, 0) is 4.74 Å². The Morgan fingerprint density at radius 2 is 1.27 bits per heavy atom. The molecule has 0 aromatic heterocycles. The van der Waals surface area contributed by atoms with Crippen LogP contribution in [0.3, 0.4) is 0 Å². The van der Waals surface area contributed by atoms with Crippen molar-refractivity contribution in [2.24, 2.45) is 0 Å². The van der Waals surface area contributed by atoms with E-state index in [1.54, 1.807) is 0 Å². The summed E-state index contributed by atoms with van der Waals surface area (Å²) in [6, 6.07) is 0. The molecule has 68 valence electrons. The molecule has 11 heavy (non-hydrogen) atoms. The maximum absolute atomic E-state index is 5.55. The van der Waals surface area contributed by atoms with Crippen molar-refractivity contribution in [1.82, 2.24) is 0 Å². The molecule has 0 aliphatic heterocycles. The van der Waals surface area contributed by atoms with E-state index >= 15 is 0 Å². The Labute approximate surface area is 71.5 Å². The van der Waals surface area contributed by atoms with Gasteiger partial charge < -0.3 is 4.74 Å². The Kier molecular flexibility index (Phi) is 11.7. The van der Waals surface area contributed by atoms with Gasteiger partial charge in [0.1, 0.15) is 0 Å². The van der Waals surface area contributed by atoms with Crippen LogP contribution in [-0.4, -0.2) is 12.2 Å². The highest BCUT2D eigenvalue weighted by Crippen LogP contribution is 2.03. The number of hydrogen-bond acceptors (Lipinski definition) is 1. The highest BCUT2D eigenvalue weighted by molar-refractivity contribution is 4.50. The van der Waals surface area contributed by atoms with Gasteiger partial charge in [-0.25, -0.2) is 0 Å². The Hall–Kier alpha value is -0.300. The third-order valence-electron chi connectivity index (χ3n) is 1.61. The van der Waals surface area contributed by atoms with Gasteiger partial charge in [0, 0.05) is 0 Å². The quantitative estimate of drug-likeness (QED) is 0.570. The fourth-order valence-electron chi connectivity index (χ4n) is 0.589. The molecule has 0 N–H and O–H groups in total. The summed E-state index contributed by atoms with van der Waals surface area (Å²) in [4.78, 5) is 0. The lowest BCUT2D eigenvalue weighted by molar-refractivity contribution is 0.00511. The second-order valence-corrected chi connectivity index (χ2v) is 2.57. The average molecular weight is 158 g/mol. The molecular formula is C10H22O. The molecule has 2 unspecified atom stereocenters. The largest absolute Gasteiger partial charge is 0.376 e. The van der Waals surface area contributed by atoms with Crippen LogP contribution in [0.1, 0.15) is 40.5 Å². The molecule has 0 aliphatic carbocycles. The van der Waals surface area contributed by atoms with Gasteiger partial charge in [-0.2, -0.15) is 0 Å². The van der Waals surface area contributed by atoms with Crippen LogP contribution >= 0.6 is 0 Å². The van der Waals surface area contributed by atoms with Crippen LogP contribution in [0.15, 0.2) is 13.2 Å². The lowest BCUT2D eigenvalue weighted by atomic mass is 10.3. The van der Waals surface area contributed by atoms with Crippen molar-refractivity contribution in [2.75, 3.05) is 0 Å². The summed E-state index contributed by atoms with van der Waals surface area (Å²) in [6.45, 7) is 14.5. The SMILES string of the molecule is C=C.CCC(C)OC(C)CC. The molecule has 0 bridgehead atoms. The molecule has 0 aliphatic rings. The molecule has 0 fully saturated rings. The molecule has 0 heterocycles. The van der Waals surface area contributed by atoms with Gasteiger partial charge in [-0.3, -0.25) is 0 Å². The molecule has 1 nitrogen and oxygen atoms in total. The average Bonchev–Trinajstić information content (AvgIpc) is 2.07. The third-order valence-corrected chi connectivity index (χ3v) is 1.61. The fraction of sp³-hybridized carbons (Fsp3) is 0.800. The summed E-state index contributed by atoms with van der Waals surface area (Å²) in [5.41, 5.74) is 0. The van der Waals surface area contributed by atoms with Crippen LogP contribution in [0, 0.1) is 0 Å². The predicted molar refractivity (Wildman–Crippen MR) is 51.8 cm³/mol. The van der Waals surface area contributed by atoms with E-state index in [0.717, 1.165) is 12.8 Å². The minimum atomic E-state index is 0.431. The summed E-state index contributed by atoms with van der Waals surface area (Å²) >= 11 is 0. The van der Waals surface area contributed by atoms with Crippen molar-refractivity contribution in [1.29, 1.82) is 0 Å². The normalized spacial score (nSPS) is 14.5. The standard InChI is InChI=1S/C8H18O.C2H4/c1-5-7(3)9-8(4)6-2;1-2/h7-8H,5-6H2,1-4H3;1-2H2. The first-order chi connectivity index (χ1) is 5.20. The molecule has 0 saturated heterocycles. The van der Waals surface area contributed by atoms with E-state index in [0.29, 0.717) is 12.2 Å². The van der Waals surface area contributed by atoms with Crippen molar-refractivity contribution in [2.45, 2.75) is 52.7 Å². The number of rotatable bonds is 4. The maximum Gasteiger partial charge on any atom is 0.0548 e. The molecule has 0 amide bonds. The summed E-state index contributed by atoms with van der Waals surface area (Å²) in [5, 5.41) is 0. The minimum Gasteiger partial charge on any atom is -0.376 e. The fourth-order valence-corrected chi connectivity index (χ4v) is 0.589. The zero-order valence-corrected chi connectivity index (χ0v) is 8.39. The van der Waals surface area contributed by atoms with E-state index in [2.05, 4.69) is 40.9 Å². The highest BCUT2D eigenvalue weighted by Gasteiger charge is 2.02. The van der Waals surface area contributed by atoms with Crippen LogP contribution in [0.4, 0.5) is 0 Å². The first-order valence-electron chi connectivity index (χ1n) is 4.36. The molecule has 0 saturated carbocycles. The number of hydrogen-bond donors (Lipinski definition) is 0. The zero-order valence-electron chi connectivity index (χ0n) is 8.39. The van der Waals surface area contributed by atoms with E-state index in [-0.39, 0.29) is 0 Å². The Morgan fingerprint density at radius 3 is 1.45 bits per heavy atom. The molecule has 1 heteroatoms. The second-order valence-electron chi connectivity index (χ2n) is 2.57. The zero-order chi connectivity index (χ0) is 9.28. The molecule has 2 atom stereocenters. The van der Waals surface area contributed by atoms with Crippen LogP contribution < -0.4 is 0 Å².